The molecule has 0 amide bonds. The fourth-order valence-corrected chi connectivity index (χ4v) is 1.80. The van der Waals surface area contributed by atoms with E-state index in [4.69, 9.17) is 0 Å². The highest BCUT2D eigenvalue weighted by Crippen LogP contribution is 2.30. The Morgan fingerprint density at radius 3 is 1.80 bits per heavy atom. The molecule has 0 saturated carbocycles. The van der Waals surface area contributed by atoms with Gasteiger partial charge in [0.05, 0.1) is 5.69 Å². The van der Waals surface area contributed by atoms with Crippen molar-refractivity contribution in [1.29, 1.82) is 0 Å². The molecule has 1 aromatic carbocycles. The molecule has 0 atom stereocenters. The summed E-state index contributed by atoms with van der Waals surface area (Å²) in [6, 6.07) is 8.79. The third kappa shape index (κ3) is 1.46. The minimum absolute atomic E-state index is 0.0462. The van der Waals surface area contributed by atoms with Crippen molar-refractivity contribution < 1.29 is 10.2 Å². The van der Waals surface area contributed by atoms with Crippen molar-refractivity contribution in [2.45, 2.75) is 13.8 Å². The minimum atomic E-state index is 0.0462. The Hall–Kier alpha value is -1.90. The van der Waals surface area contributed by atoms with E-state index in [1.807, 2.05) is 32.0 Å². The predicted molar refractivity (Wildman–Crippen MR) is 58.6 cm³/mol. The molecule has 1 aromatic heterocycles. The van der Waals surface area contributed by atoms with Gasteiger partial charge in [0.25, 0.3) is 0 Å². The number of hydrogen-bond acceptors (Lipinski definition) is 2. The van der Waals surface area contributed by atoms with Gasteiger partial charge in [0.15, 0.2) is 11.8 Å². The summed E-state index contributed by atoms with van der Waals surface area (Å²) in [5.74, 6) is 0.0924. The zero-order valence-corrected chi connectivity index (χ0v) is 8.73. The highest BCUT2D eigenvalue weighted by atomic mass is 16.3. The number of rotatable bonds is 1. The van der Waals surface area contributed by atoms with Crippen molar-refractivity contribution in [3.05, 3.63) is 41.5 Å². The van der Waals surface area contributed by atoms with Crippen LogP contribution >= 0.6 is 0 Å². The van der Waals surface area contributed by atoms with Crippen molar-refractivity contribution in [3.8, 4) is 17.4 Å². The van der Waals surface area contributed by atoms with E-state index in [0.29, 0.717) is 0 Å². The summed E-state index contributed by atoms with van der Waals surface area (Å²) in [4.78, 5) is 0. The predicted octanol–water partition coefficient (Wildman–Crippen LogP) is 2.51. The number of aryl methyl sites for hydroxylation is 2. The highest BCUT2D eigenvalue weighted by molar-refractivity contribution is 5.52. The summed E-state index contributed by atoms with van der Waals surface area (Å²) >= 11 is 0. The second-order valence-electron chi connectivity index (χ2n) is 3.63. The van der Waals surface area contributed by atoms with Gasteiger partial charge in [-0.15, -0.1) is 0 Å². The van der Waals surface area contributed by atoms with E-state index in [1.54, 1.807) is 0 Å². The molecule has 3 nitrogen and oxygen atoms in total. The van der Waals surface area contributed by atoms with Gasteiger partial charge in [-0.05, 0) is 25.0 Å². The van der Waals surface area contributed by atoms with Crippen LogP contribution in [-0.4, -0.2) is 14.8 Å². The van der Waals surface area contributed by atoms with Crippen LogP contribution in [-0.2, 0) is 0 Å². The second-order valence-corrected chi connectivity index (χ2v) is 3.63. The average Bonchev–Trinajstić information content (AvgIpc) is 2.49. The molecule has 0 aliphatic carbocycles. The summed E-state index contributed by atoms with van der Waals surface area (Å²) < 4.78 is 1.44. The lowest BCUT2D eigenvalue weighted by molar-refractivity contribution is 0.402. The molecule has 78 valence electrons. The van der Waals surface area contributed by atoms with Gasteiger partial charge in [-0.3, -0.25) is 4.57 Å². The molecule has 0 bridgehead atoms. The zero-order chi connectivity index (χ0) is 11.0. The van der Waals surface area contributed by atoms with E-state index < -0.39 is 0 Å². The smallest absolute Gasteiger partial charge is 0.198 e. The molecule has 0 radical (unpaired) electrons. The highest BCUT2D eigenvalue weighted by Gasteiger charge is 2.12. The fourth-order valence-electron chi connectivity index (χ4n) is 1.80. The van der Waals surface area contributed by atoms with Crippen molar-refractivity contribution in [2.75, 3.05) is 0 Å². The van der Waals surface area contributed by atoms with E-state index in [0.717, 1.165) is 16.8 Å². The first-order chi connectivity index (χ1) is 7.11. The Balaban J connectivity index is 2.74. The number of aromatic hydroxyl groups is 2. The first-order valence-electron chi connectivity index (χ1n) is 4.77. The van der Waals surface area contributed by atoms with E-state index in [9.17, 15) is 10.2 Å². The molecule has 0 fully saturated rings. The normalized spacial score (nSPS) is 10.5. The Bertz CT molecular complexity index is 461. The first-order valence-corrected chi connectivity index (χ1v) is 4.77. The van der Waals surface area contributed by atoms with Gasteiger partial charge in [-0.2, -0.15) is 0 Å². The Kier molecular flexibility index (Phi) is 2.15. The fraction of sp³-hybridized carbons (Fsp3) is 0.167. The van der Waals surface area contributed by atoms with Crippen LogP contribution in [0.4, 0.5) is 0 Å². The molecule has 0 spiro atoms. The Labute approximate surface area is 88.2 Å². The van der Waals surface area contributed by atoms with Crippen LogP contribution in [0.15, 0.2) is 30.3 Å². The number of para-hydroxylation sites is 1. The van der Waals surface area contributed by atoms with E-state index in [2.05, 4.69) is 0 Å². The summed E-state index contributed by atoms with van der Waals surface area (Å²) in [6.07, 6.45) is 0. The molecule has 1 heterocycles. The van der Waals surface area contributed by atoms with Crippen molar-refractivity contribution in [3.63, 3.8) is 0 Å². The quantitative estimate of drug-likeness (QED) is 0.748. The van der Waals surface area contributed by atoms with Crippen molar-refractivity contribution in [2.24, 2.45) is 0 Å². The maximum Gasteiger partial charge on any atom is 0.198 e. The van der Waals surface area contributed by atoms with Crippen LogP contribution in [0, 0.1) is 13.8 Å². The van der Waals surface area contributed by atoms with E-state index >= 15 is 0 Å². The first kappa shape index (κ1) is 9.65. The molecule has 0 saturated heterocycles. The van der Waals surface area contributed by atoms with E-state index in [-0.39, 0.29) is 11.8 Å². The summed E-state index contributed by atoms with van der Waals surface area (Å²) in [6.45, 7) is 3.89. The molecule has 15 heavy (non-hydrogen) atoms. The van der Waals surface area contributed by atoms with Gasteiger partial charge in [-0.25, -0.2) is 0 Å². The molecule has 0 unspecified atom stereocenters. The summed E-state index contributed by atoms with van der Waals surface area (Å²) in [7, 11) is 0. The lowest BCUT2D eigenvalue weighted by Gasteiger charge is -2.12. The SMILES string of the molecule is Cc1cccc(C)c1-n1c(O)ccc1O. The number of nitrogens with zero attached hydrogens (tertiary/aromatic N) is 1. The standard InChI is InChI=1S/C12H13NO2/c1-8-4-3-5-9(2)12(8)13-10(14)6-7-11(13)15/h3-7,14-15H,1-2H3. The molecule has 2 N–H and O–H groups in total. The van der Waals surface area contributed by atoms with Crippen LogP contribution < -0.4 is 0 Å². The lowest BCUT2D eigenvalue weighted by atomic mass is 10.1. The second kappa shape index (κ2) is 3.35. The Morgan fingerprint density at radius 1 is 0.867 bits per heavy atom. The van der Waals surface area contributed by atoms with Gasteiger partial charge in [0.2, 0.25) is 0 Å². The third-order valence-electron chi connectivity index (χ3n) is 2.50. The van der Waals surface area contributed by atoms with Gasteiger partial charge >= 0.3 is 0 Å². The van der Waals surface area contributed by atoms with Gasteiger partial charge in [0.1, 0.15) is 0 Å². The van der Waals surface area contributed by atoms with E-state index in [1.165, 1.54) is 16.7 Å². The molecular formula is C12H13NO2. The molecule has 0 aliphatic rings. The summed E-state index contributed by atoms with van der Waals surface area (Å²) in [5, 5.41) is 19.3. The molecule has 3 heteroatoms. The number of hydrogen-bond donors (Lipinski definition) is 2. The molecule has 2 aromatic rings. The molecule has 2 rings (SSSR count). The van der Waals surface area contributed by atoms with Crippen LogP contribution in [0.3, 0.4) is 0 Å². The van der Waals surface area contributed by atoms with Crippen LogP contribution in [0.2, 0.25) is 0 Å². The Morgan fingerprint density at radius 2 is 1.33 bits per heavy atom. The lowest BCUT2D eigenvalue weighted by Crippen LogP contribution is -1.98. The summed E-state index contributed by atoms with van der Waals surface area (Å²) in [5.41, 5.74) is 2.85. The van der Waals surface area contributed by atoms with Gasteiger partial charge in [0, 0.05) is 12.1 Å². The molecular weight excluding hydrogens is 190 g/mol. The van der Waals surface area contributed by atoms with Crippen LogP contribution in [0.1, 0.15) is 11.1 Å². The maximum absolute atomic E-state index is 9.64. The van der Waals surface area contributed by atoms with Crippen LogP contribution in [0.5, 0.6) is 11.8 Å². The molecule has 0 aliphatic heterocycles. The number of benzene rings is 1. The average molecular weight is 203 g/mol. The van der Waals surface area contributed by atoms with Gasteiger partial charge in [-0.1, -0.05) is 18.2 Å². The van der Waals surface area contributed by atoms with Crippen LogP contribution in [0.25, 0.3) is 5.69 Å². The zero-order valence-electron chi connectivity index (χ0n) is 8.73. The maximum atomic E-state index is 9.64. The third-order valence-corrected chi connectivity index (χ3v) is 2.50. The largest absolute Gasteiger partial charge is 0.494 e. The van der Waals surface area contributed by atoms with Crippen molar-refractivity contribution in [1.82, 2.24) is 4.57 Å². The monoisotopic (exact) mass is 203 g/mol. The van der Waals surface area contributed by atoms with Crippen molar-refractivity contribution >= 4 is 0 Å². The van der Waals surface area contributed by atoms with Gasteiger partial charge < -0.3 is 10.2 Å². The number of aromatic nitrogens is 1. The minimum Gasteiger partial charge on any atom is -0.494 e. The topological polar surface area (TPSA) is 45.4 Å².